The molecular weight excluding hydrogens is 214 g/mol. The molecule has 0 saturated carbocycles. The predicted octanol–water partition coefficient (Wildman–Crippen LogP) is 2.31. The average molecular weight is 227 g/mol. The van der Waals surface area contributed by atoms with E-state index in [-0.39, 0.29) is 0 Å². The van der Waals surface area contributed by atoms with Crippen LogP contribution in [0, 0.1) is 11.3 Å². The average Bonchev–Trinajstić information content (AvgIpc) is 2.81. The van der Waals surface area contributed by atoms with E-state index in [0.717, 1.165) is 23.6 Å². The van der Waals surface area contributed by atoms with Gasteiger partial charge in [0.15, 0.2) is 0 Å². The van der Waals surface area contributed by atoms with E-state index in [2.05, 4.69) is 11.2 Å². The predicted molar refractivity (Wildman–Crippen MR) is 64.2 cm³/mol. The highest BCUT2D eigenvalue weighted by Gasteiger charge is 2.12. The van der Waals surface area contributed by atoms with Crippen LogP contribution in [0.3, 0.4) is 0 Å². The maximum Gasteiger partial charge on any atom is 0.144 e. The summed E-state index contributed by atoms with van der Waals surface area (Å²) in [5.74, 6) is 0.745. The number of nitriles is 1. The van der Waals surface area contributed by atoms with Crippen molar-refractivity contribution in [1.82, 2.24) is 9.78 Å². The van der Waals surface area contributed by atoms with Crippen LogP contribution in [0.25, 0.3) is 5.69 Å². The van der Waals surface area contributed by atoms with Gasteiger partial charge in [-0.3, -0.25) is 0 Å². The lowest BCUT2D eigenvalue weighted by Gasteiger charge is -2.10. The molecule has 0 aliphatic heterocycles. The quantitative estimate of drug-likeness (QED) is 0.808. The largest absolute Gasteiger partial charge is 0.494 e. The molecule has 0 bridgehead atoms. The van der Waals surface area contributed by atoms with Crippen LogP contribution < -0.4 is 4.74 Å². The summed E-state index contributed by atoms with van der Waals surface area (Å²) in [6.07, 6.45) is 2.34. The van der Waals surface area contributed by atoms with Crippen molar-refractivity contribution >= 4 is 0 Å². The second kappa shape index (κ2) is 4.71. The van der Waals surface area contributed by atoms with E-state index in [0.29, 0.717) is 5.56 Å². The highest BCUT2D eigenvalue weighted by atomic mass is 16.5. The molecule has 0 atom stereocenters. The lowest BCUT2D eigenvalue weighted by molar-refractivity contribution is 0.411. The second-order valence-electron chi connectivity index (χ2n) is 3.55. The molecule has 2 aromatic rings. The van der Waals surface area contributed by atoms with Gasteiger partial charge in [0.05, 0.1) is 24.6 Å². The van der Waals surface area contributed by atoms with Gasteiger partial charge in [-0.2, -0.15) is 10.4 Å². The van der Waals surface area contributed by atoms with Gasteiger partial charge in [0.1, 0.15) is 17.5 Å². The van der Waals surface area contributed by atoms with Gasteiger partial charge >= 0.3 is 0 Å². The van der Waals surface area contributed by atoms with E-state index in [1.54, 1.807) is 18.0 Å². The first kappa shape index (κ1) is 11.2. The van der Waals surface area contributed by atoms with Gasteiger partial charge in [-0.1, -0.05) is 19.1 Å². The van der Waals surface area contributed by atoms with Crippen LogP contribution in [0.5, 0.6) is 5.75 Å². The number of ether oxygens (including phenoxy) is 1. The minimum atomic E-state index is 0.610. The van der Waals surface area contributed by atoms with Crippen molar-refractivity contribution in [2.75, 3.05) is 7.11 Å². The topological polar surface area (TPSA) is 50.8 Å². The second-order valence-corrected chi connectivity index (χ2v) is 3.55. The first-order chi connectivity index (χ1) is 8.31. The monoisotopic (exact) mass is 227 g/mol. The Morgan fingerprint density at radius 3 is 2.82 bits per heavy atom. The van der Waals surface area contributed by atoms with Gasteiger partial charge in [-0.15, -0.1) is 0 Å². The maximum absolute atomic E-state index is 9.00. The fraction of sp³-hybridized carbons (Fsp3) is 0.231. The summed E-state index contributed by atoms with van der Waals surface area (Å²) < 4.78 is 7.06. The third-order valence-electron chi connectivity index (χ3n) is 2.64. The molecule has 0 aliphatic rings. The van der Waals surface area contributed by atoms with Gasteiger partial charge < -0.3 is 4.74 Å². The lowest BCUT2D eigenvalue weighted by atomic mass is 10.2. The highest BCUT2D eigenvalue weighted by Crippen LogP contribution is 2.24. The van der Waals surface area contributed by atoms with Crippen molar-refractivity contribution in [3.8, 4) is 17.5 Å². The molecule has 0 radical (unpaired) electrons. The summed E-state index contributed by atoms with van der Waals surface area (Å²) in [5, 5.41) is 13.3. The van der Waals surface area contributed by atoms with Crippen LogP contribution in [-0.4, -0.2) is 16.9 Å². The Hall–Kier alpha value is -2.28. The molecule has 4 heteroatoms. The van der Waals surface area contributed by atoms with Crippen LogP contribution >= 0.6 is 0 Å². The molecule has 0 amide bonds. The number of hydrogen-bond acceptors (Lipinski definition) is 3. The minimum Gasteiger partial charge on any atom is -0.494 e. The van der Waals surface area contributed by atoms with Crippen molar-refractivity contribution in [1.29, 1.82) is 5.26 Å². The minimum absolute atomic E-state index is 0.610. The molecule has 0 saturated heterocycles. The molecule has 1 aromatic heterocycles. The zero-order valence-corrected chi connectivity index (χ0v) is 9.84. The van der Waals surface area contributed by atoms with Crippen molar-refractivity contribution in [2.24, 2.45) is 0 Å². The fourth-order valence-electron chi connectivity index (χ4n) is 1.82. The van der Waals surface area contributed by atoms with Crippen molar-refractivity contribution in [3.05, 3.63) is 41.7 Å². The van der Waals surface area contributed by atoms with E-state index in [1.807, 2.05) is 31.2 Å². The molecule has 0 unspecified atom stereocenters. The number of nitrogens with zero attached hydrogens (tertiary/aromatic N) is 3. The normalized spacial score (nSPS) is 9.94. The first-order valence-electron chi connectivity index (χ1n) is 5.42. The zero-order valence-electron chi connectivity index (χ0n) is 9.84. The Bertz CT molecular complexity index is 566. The van der Waals surface area contributed by atoms with Crippen molar-refractivity contribution in [3.63, 3.8) is 0 Å². The van der Waals surface area contributed by atoms with E-state index in [4.69, 9.17) is 10.00 Å². The molecule has 0 aliphatic carbocycles. The Morgan fingerprint density at radius 1 is 1.41 bits per heavy atom. The standard InChI is InChI=1S/C13H13N3O/c1-3-11-10(8-14)9-15-16(11)12-6-4-5-7-13(12)17-2/h4-7,9H,3H2,1-2H3. The van der Waals surface area contributed by atoms with Gasteiger partial charge in [-0.05, 0) is 18.6 Å². The fourth-order valence-corrected chi connectivity index (χ4v) is 1.82. The third-order valence-corrected chi connectivity index (χ3v) is 2.64. The smallest absolute Gasteiger partial charge is 0.144 e. The molecule has 0 N–H and O–H groups in total. The molecule has 0 spiro atoms. The van der Waals surface area contributed by atoms with Gasteiger partial charge in [-0.25, -0.2) is 4.68 Å². The molecule has 2 rings (SSSR count). The SMILES string of the molecule is CCc1c(C#N)cnn1-c1ccccc1OC. The molecule has 0 fully saturated rings. The lowest BCUT2D eigenvalue weighted by Crippen LogP contribution is -2.04. The summed E-state index contributed by atoms with van der Waals surface area (Å²) >= 11 is 0. The summed E-state index contributed by atoms with van der Waals surface area (Å²) in [7, 11) is 1.62. The Labute approximate surface area is 100 Å². The highest BCUT2D eigenvalue weighted by molar-refractivity contribution is 5.48. The van der Waals surface area contributed by atoms with Crippen molar-refractivity contribution < 1.29 is 4.74 Å². The number of rotatable bonds is 3. The van der Waals surface area contributed by atoms with Crippen molar-refractivity contribution in [2.45, 2.75) is 13.3 Å². The van der Waals surface area contributed by atoms with Gasteiger partial charge in [0.2, 0.25) is 0 Å². The summed E-state index contributed by atoms with van der Waals surface area (Å²) in [5.41, 5.74) is 2.36. The first-order valence-corrected chi connectivity index (χ1v) is 5.42. The van der Waals surface area contributed by atoms with Crippen LogP contribution in [0.2, 0.25) is 0 Å². The Kier molecular flexibility index (Phi) is 3.10. The maximum atomic E-state index is 9.00. The van der Waals surface area contributed by atoms with E-state index in [1.165, 1.54) is 0 Å². The Balaban J connectivity index is 2.61. The molecular formula is C13H13N3O. The number of aromatic nitrogens is 2. The molecule has 1 heterocycles. The zero-order chi connectivity index (χ0) is 12.3. The number of benzene rings is 1. The number of hydrogen-bond donors (Lipinski definition) is 0. The van der Waals surface area contributed by atoms with Crippen LogP contribution in [0.4, 0.5) is 0 Å². The summed E-state index contributed by atoms with van der Waals surface area (Å²) in [4.78, 5) is 0. The van der Waals surface area contributed by atoms with Gasteiger partial charge in [0.25, 0.3) is 0 Å². The summed E-state index contributed by atoms with van der Waals surface area (Å²) in [6.45, 7) is 2.00. The van der Waals surface area contributed by atoms with Crippen LogP contribution in [0.1, 0.15) is 18.2 Å². The molecule has 1 aromatic carbocycles. The van der Waals surface area contributed by atoms with Crippen LogP contribution in [-0.2, 0) is 6.42 Å². The van der Waals surface area contributed by atoms with E-state index < -0.39 is 0 Å². The van der Waals surface area contributed by atoms with Gasteiger partial charge in [0, 0.05) is 0 Å². The molecule has 86 valence electrons. The van der Waals surface area contributed by atoms with E-state index in [9.17, 15) is 0 Å². The third kappa shape index (κ3) is 1.87. The molecule has 17 heavy (non-hydrogen) atoms. The van der Waals surface area contributed by atoms with Crippen LogP contribution in [0.15, 0.2) is 30.5 Å². The molecule has 4 nitrogen and oxygen atoms in total. The number of methoxy groups -OCH3 is 1. The Morgan fingerprint density at radius 2 is 2.18 bits per heavy atom. The number of para-hydroxylation sites is 2. The summed E-state index contributed by atoms with van der Waals surface area (Å²) in [6, 6.07) is 9.78. The van der Waals surface area contributed by atoms with E-state index >= 15 is 0 Å².